The van der Waals surface area contributed by atoms with Crippen molar-refractivity contribution in [2.24, 2.45) is 5.14 Å². The van der Waals surface area contributed by atoms with Gasteiger partial charge in [-0.05, 0) is 19.2 Å². The highest BCUT2D eigenvalue weighted by Gasteiger charge is 2.13. The van der Waals surface area contributed by atoms with Crippen molar-refractivity contribution in [1.29, 1.82) is 0 Å². The van der Waals surface area contributed by atoms with Crippen molar-refractivity contribution in [3.05, 3.63) is 24.3 Å². The van der Waals surface area contributed by atoms with Crippen LogP contribution in [0.15, 0.2) is 29.2 Å². The van der Waals surface area contributed by atoms with Crippen LogP contribution in [-0.2, 0) is 20.0 Å². The molecule has 0 saturated heterocycles. The third-order valence-corrected chi connectivity index (χ3v) is 4.52. The molecule has 0 aromatic heterocycles. The fraction of sp³-hybridized carbons (Fsp3) is 0.333. The molecule has 0 amide bonds. The SMILES string of the molecule is CNS(=O)(=O)CCNc1ccccc1S(N)(=O)=O. The first-order valence-electron chi connectivity index (χ1n) is 5.03. The molecule has 0 saturated carbocycles. The summed E-state index contributed by atoms with van der Waals surface area (Å²) in [6.07, 6.45) is 0. The van der Waals surface area contributed by atoms with E-state index >= 15 is 0 Å². The zero-order valence-electron chi connectivity index (χ0n) is 9.75. The number of rotatable bonds is 6. The number of para-hydroxylation sites is 1. The molecule has 0 aliphatic heterocycles. The van der Waals surface area contributed by atoms with Crippen LogP contribution in [0.1, 0.15) is 0 Å². The van der Waals surface area contributed by atoms with Crippen molar-refractivity contribution >= 4 is 25.7 Å². The monoisotopic (exact) mass is 293 g/mol. The van der Waals surface area contributed by atoms with Crippen LogP contribution in [0.2, 0.25) is 0 Å². The average molecular weight is 293 g/mol. The van der Waals surface area contributed by atoms with Crippen LogP contribution in [0, 0.1) is 0 Å². The highest BCUT2D eigenvalue weighted by molar-refractivity contribution is 7.89. The van der Waals surface area contributed by atoms with E-state index < -0.39 is 20.0 Å². The summed E-state index contributed by atoms with van der Waals surface area (Å²) in [7, 11) is -5.85. The number of hydrogen-bond donors (Lipinski definition) is 3. The predicted molar refractivity (Wildman–Crippen MR) is 69.2 cm³/mol. The van der Waals surface area contributed by atoms with Gasteiger partial charge >= 0.3 is 0 Å². The molecule has 0 unspecified atom stereocenters. The molecule has 0 aliphatic rings. The smallest absolute Gasteiger partial charge is 0.240 e. The van der Waals surface area contributed by atoms with Gasteiger partial charge in [0, 0.05) is 6.54 Å². The molecule has 0 radical (unpaired) electrons. The Balaban J connectivity index is 2.81. The molecule has 0 bridgehead atoms. The fourth-order valence-corrected chi connectivity index (χ4v) is 2.57. The first-order chi connectivity index (χ1) is 8.26. The zero-order chi connectivity index (χ0) is 13.8. The summed E-state index contributed by atoms with van der Waals surface area (Å²) in [5, 5.41) is 7.77. The summed E-state index contributed by atoms with van der Waals surface area (Å²) in [4.78, 5) is -0.0631. The van der Waals surface area contributed by atoms with Crippen LogP contribution in [-0.4, -0.2) is 36.2 Å². The summed E-state index contributed by atoms with van der Waals surface area (Å²) in [6.45, 7) is 0.0791. The normalized spacial score (nSPS) is 12.3. The van der Waals surface area contributed by atoms with Crippen molar-refractivity contribution in [1.82, 2.24) is 4.72 Å². The molecule has 0 fully saturated rings. The lowest BCUT2D eigenvalue weighted by Crippen LogP contribution is -2.26. The minimum absolute atomic E-state index is 0.0631. The molecule has 4 N–H and O–H groups in total. The van der Waals surface area contributed by atoms with Gasteiger partial charge in [-0.1, -0.05) is 12.1 Å². The van der Waals surface area contributed by atoms with Gasteiger partial charge in [0.15, 0.2) is 0 Å². The van der Waals surface area contributed by atoms with Crippen molar-refractivity contribution in [3.63, 3.8) is 0 Å². The quantitative estimate of drug-likeness (QED) is 0.640. The first-order valence-corrected chi connectivity index (χ1v) is 8.23. The first kappa shape index (κ1) is 14.9. The number of benzene rings is 1. The fourth-order valence-electron chi connectivity index (χ4n) is 1.28. The maximum absolute atomic E-state index is 11.3. The molecule has 9 heteroatoms. The number of primary sulfonamides is 1. The van der Waals surface area contributed by atoms with Crippen LogP contribution < -0.4 is 15.2 Å². The van der Waals surface area contributed by atoms with E-state index in [0.29, 0.717) is 0 Å². The van der Waals surface area contributed by atoms with Gasteiger partial charge in [0.25, 0.3) is 0 Å². The molecule has 1 aromatic rings. The second-order valence-electron chi connectivity index (χ2n) is 3.49. The second kappa shape index (κ2) is 5.65. The molecular weight excluding hydrogens is 278 g/mol. The van der Waals surface area contributed by atoms with Gasteiger partial charge in [0.05, 0.1) is 11.4 Å². The van der Waals surface area contributed by atoms with E-state index in [0.717, 1.165) is 0 Å². The van der Waals surface area contributed by atoms with E-state index in [9.17, 15) is 16.8 Å². The standard InChI is InChI=1S/C9H15N3O4S2/c1-11-17(13,14)7-6-12-8-4-2-3-5-9(8)18(10,15)16/h2-5,11-12H,6-7H2,1H3,(H2,10,15,16). The lowest BCUT2D eigenvalue weighted by molar-refractivity contribution is 0.588. The molecule has 0 atom stereocenters. The molecule has 18 heavy (non-hydrogen) atoms. The number of anilines is 1. The van der Waals surface area contributed by atoms with Crippen molar-refractivity contribution in [2.75, 3.05) is 24.7 Å². The van der Waals surface area contributed by atoms with Crippen LogP contribution in [0.5, 0.6) is 0 Å². The largest absolute Gasteiger partial charge is 0.383 e. The third kappa shape index (κ3) is 4.26. The average Bonchev–Trinajstić information content (AvgIpc) is 2.28. The van der Waals surface area contributed by atoms with Crippen LogP contribution in [0.25, 0.3) is 0 Å². The van der Waals surface area contributed by atoms with E-state index in [1.807, 2.05) is 0 Å². The van der Waals surface area contributed by atoms with Gasteiger partial charge in [-0.2, -0.15) is 0 Å². The Hall–Kier alpha value is -1.16. The molecule has 0 spiro atoms. The topological polar surface area (TPSA) is 118 Å². The summed E-state index contributed by atoms with van der Waals surface area (Å²) >= 11 is 0. The summed E-state index contributed by atoms with van der Waals surface area (Å²) in [5.41, 5.74) is 0.284. The molecule has 7 nitrogen and oxygen atoms in total. The highest BCUT2D eigenvalue weighted by Crippen LogP contribution is 2.18. The number of nitrogens with two attached hydrogens (primary N) is 1. The van der Waals surface area contributed by atoms with E-state index in [1.165, 1.54) is 25.2 Å². The van der Waals surface area contributed by atoms with E-state index in [4.69, 9.17) is 5.14 Å². The van der Waals surface area contributed by atoms with Crippen LogP contribution >= 0.6 is 0 Å². The molecule has 0 aliphatic carbocycles. The molecular formula is C9H15N3O4S2. The van der Waals surface area contributed by atoms with E-state index in [-0.39, 0.29) is 22.9 Å². The van der Waals surface area contributed by atoms with Gasteiger partial charge in [0.2, 0.25) is 20.0 Å². The number of hydrogen-bond acceptors (Lipinski definition) is 5. The van der Waals surface area contributed by atoms with E-state index in [1.54, 1.807) is 6.07 Å². The Morgan fingerprint density at radius 3 is 2.33 bits per heavy atom. The minimum atomic E-state index is -3.83. The van der Waals surface area contributed by atoms with Gasteiger partial charge in [0.1, 0.15) is 4.90 Å². The van der Waals surface area contributed by atoms with E-state index in [2.05, 4.69) is 10.0 Å². The van der Waals surface area contributed by atoms with Crippen molar-refractivity contribution in [2.45, 2.75) is 4.90 Å². The van der Waals surface area contributed by atoms with Crippen LogP contribution in [0.4, 0.5) is 5.69 Å². The Morgan fingerprint density at radius 1 is 1.17 bits per heavy atom. The lowest BCUT2D eigenvalue weighted by atomic mass is 10.3. The maximum atomic E-state index is 11.3. The summed E-state index contributed by atoms with van der Waals surface area (Å²) in [6, 6.07) is 6.04. The van der Waals surface area contributed by atoms with Crippen molar-refractivity contribution < 1.29 is 16.8 Å². The Bertz CT molecular complexity index is 610. The van der Waals surface area contributed by atoms with Gasteiger partial charge in [-0.15, -0.1) is 0 Å². The molecule has 0 heterocycles. The molecule has 102 valence electrons. The Morgan fingerprint density at radius 2 is 1.78 bits per heavy atom. The number of sulfonamides is 2. The van der Waals surface area contributed by atoms with Gasteiger partial charge in [-0.25, -0.2) is 26.7 Å². The van der Waals surface area contributed by atoms with Crippen molar-refractivity contribution in [3.8, 4) is 0 Å². The Labute approximate surface area is 106 Å². The summed E-state index contributed by atoms with van der Waals surface area (Å²) in [5.74, 6) is -0.164. The second-order valence-corrected chi connectivity index (χ2v) is 7.07. The zero-order valence-corrected chi connectivity index (χ0v) is 11.4. The van der Waals surface area contributed by atoms with Gasteiger partial charge < -0.3 is 5.32 Å². The lowest BCUT2D eigenvalue weighted by Gasteiger charge is -2.10. The molecule has 1 rings (SSSR count). The third-order valence-electron chi connectivity index (χ3n) is 2.19. The summed E-state index contributed by atoms with van der Waals surface area (Å²) < 4.78 is 47.1. The van der Waals surface area contributed by atoms with Gasteiger partial charge in [-0.3, -0.25) is 0 Å². The van der Waals surface area contributed by atoms with Crippen LogP contribution in [0.3, 0.4) is 0 Å². The number of nitrogens with one attached hydrogen (secondary N) is 2. The highest BCUT2D eigenvalue weighted by atomic mass is 32.2. The predicted octanol–water partition coefficient (Wildman–Crippen LogP) is -0.705. The minimum Gasteiger partial charge on any atom is -0.383 e. The maximum Gasteiger partial charge on any atom is 0.240 e. The Kier molecular flexibility index (Phi) is 4.68. The molecule has 1 aromatic carbocycles.